The maximum absolute atomic E-state index is 12.9. The molecule has 37 heavy (non-hydrogen) atoms. The van der Waals surface area contributed by atoms with E-state index < -0.39 is 10.0 Å². The van der Waals surface area contributed by atoms with E-state index in [0.29, 0.717) is 42.9 Å². The molecular formula is C26H35N5O5S. The SMILES string of the molecule is CC(C)Oc1ccc(-c2nc(C3=CCCC4=C3CC[C@@H]4NS(=O)(=O)CCN3CCOCC3)no2)cc1N. The highest BCUT2D eigenvalue weighted by Crippen LogP contribution is 2.42. The van der Waals surface area contributed by atoms with Gasteiger partial charge in [0.15, 0.2) is 0 Å². The number of allylic oxidation sites excluding steroid dienone is 3. The molecule has 5 rings (SSSR count). The number of nitrogens with zero attached hydrogens (tertiary/aromatic N) is 3. The lowest BCUT2D eigenvalue weighted by molar-refractivity contribution is 0.0408. The van der Waals surface area contributed by atoms with Crippen molar-refractivity contribution in [3.05, 3.63) is 41.2 Å². The zero-order valence-corrected chi connectivity index (χ0v) is 22.2. The molecule has 2 aliphatic carbocycles. The molecule has 10 nitrogen and oxygen atoms in total. The van der Waals surface area contributed by atoms with Crippen LogP contribution in [0.1, 0.15) is 45.4 Å². The number of rotatable bonds is 9. The van der Waals surface area contributed by atoms with Gasteiger partial charge in [-0.15, -0.1) is 0 Å². The fourth-order valence-electron chi connectivity index (χ4n) is 5.16. The predicted octanol–water partition coefficient (Wildman–Crippen LogP) is 2.99. The first kappa shape index (κ1) is 25.9. The van der Waals surface area contributed by atoms with Gasteiger partial charge < -0.3 is 19.7 Å². The van der Waals surface area contributed by atoms with E-state index in [-0.39, 0.29) is 17.9 Å². The van der Waals surface area contributed by atoms with E-state index in [1.807, 2.05) is 26.0 Å². The molecule has 0 saturated carbocycles. The molecule has 1 aromatic carbocycles. The minimum atomic E-state index is -3.40. The van der Waals surface area contributed by atoms with Crippen molar-refractivity contribution in [2.45, 2.75) is 51.7 Å². The van der Waals surface area contributed by atoms with Crippen molar-refractivity contribution in [3.8, 4) is 17.2 Å². The summed E-state index contributed by atoms with van der Waals surface area (Å²) in [7, 11) is -3.40. The standard InChI is InChI=1S/C26H35N5O5S/c1-17(2)35-24-9-6-18(16-22(24)27)26-28-25(29-36-26)21-5-3-4-20-19(21)7-8-23(20)30-37(32,33)15-12-31-10-13-34-14-11-31/h5-6,9,16-17,23,30H,3-4,7-8,10-15,27H2,1-2H3/t23-/m0/s1. The second-order valence-corrected chi connectivity index (χ2v) is 11.9. The summed E-state index contributed by atoms with van der Waals surface area (Å²) in [6.07, 6.45) is 5.28. The number of hydrogen-bond acceptors (Lipinski definition) is 9. The van der Waals surface area contributed by atoms with Crippen LogP contribution in [0.5, 0.6) is 5.75 Å². The second kappa shape index (κ2) is 10.9. The van der Waals surface area contributed by atoms with Crippen molar-refractivity contribution in [1.82, 2.24) is 19.8 Å². The van der Waals surface area contributed by atoms with Crippen LogP contribution in [0.3, 0.4) is 0 Å². The van der Waals surface area contributed by atoms with Crippen molar-refractivity contribution in [2.75, 3.05) is 44.3 Å². The van der Waals surface area contributed by atoms with Gasteiger partial charge in [-0.05, 0) is 68.9 Å². The lowest BCUT2D eigenvalue weighted by Crippen LogP contribution is -2.43. The molecule has 0 amide bonds. The second-order valence-electron chi connectivity index (χ2n) is 9.98. The number of nitrogens with one attached hydrogen (secondary N) is 1. The summed E-state index contributed by atoms with van der Waals surface area (Å²) in [4.78, 5) is 6.78. The number of sulfonamides is 1. The van der Waals surface area contributed by atoms with Gasteiger partial charge in [-0.25, -0.2) is 13.1 Å². The lowest BCUT2D eigenvalue weighted by Gasteiger charge is -2.27. The molecule has 1 aliphatic heterocycles. The third-order valence-corrected chi connectivity index (χ3v) is 8.33. The van der Waals surface area contributed by atoms with Gasteiger partial charge >= 0.3 is 0 Å². The topological polar surface area (TPSA) is 133 Å². The highest BCUT2D eigenvalue weighted by molar-refractivity contribution is 7.89. The van der Waals surface area contributed by atoms with E-state index in [1.165, 1.54) is 0 Å². The van der Waals surface area contributed by atoms with E-state index in [2.05, 4.69) is 25.8 Å². The molecule has 2 heterocycles. The quantitative estimate of drug-likeness (QED) is 0.470. The lowest BCUT2D eigenvalue weighted by atomic mass is 9.91. The molecule has 1 aromatic heterocycles. The average Bonchev–Trinajstić information content (AvgIpc) is 3.52. The van der Waals surface area contributed by atoms with Crippen LogP contribution >= 0.6 is 0 Å². The molecule has 1 saturated heterocycles. The van der Waals surface area contributed by atoms with Crippen LogP contribution < -0.4 is 15.2 Å². The maximum Gasteiger partial charge on any atom is 0.258 e. The normalized spacial score (nSPS) is 20.8. The Morgan fingerprint density at radius 3 is 2.81 bits per heavy atom. The summed E-state index contributed by atoms with van der Waals surface area (Å²) in [6, 6.07) is 5.24. The molecule has 0 bridgehead atoms. The summed E-state index contributed by atoms with van der Waals surface area (Å²) >= 11 is 0. The summed E-state index contributed by atoms with van der Waals surface area (Å²) in [5, 5.41) is 4.24. The van der Waals surface area contributed by atoms with E-state index >= 15 is 0 Å². The van der Waals surface area contributed by atoms with Crippen molar-refractivity contribution < 1.29 is 22.4 Å². The summed E-state index contributed by atoms with van der Waals surface area (Å²) in [6.45, 7) is 7.28. The van der Waals surface area contributed by atoms with Gasteiger partial charge in [-0.3, -0.25) is 4.90 Å². The van der Waals surface area contributed by atoms with Crippen LogP contribution in [0.4, 0.5) is 5.69 Å². The van der Waals surface area contributed by atoms with Gasteiger partial charge in [0.1, 0.15) is 5.75 Å². The van der Waals surface area contributed by atoms with Crippen molar-refractivity contribution in [2.24, 2.45) is 0 Å². The van der Waals surface area contributed by atoms with Gasteiger partial charge in [0.05, 0.1) is 30.8 Å². The third-order valence-electron chi connectivity index (χ3n) is 6.97. The fourth-order valence-corrected chi connectivity index (χ4v) is 6.47. The number of nitrogen functional groups attached to an aromatic ring is 1. The third kappa shape index (κ3) is 6.06. The Hall–Kier alpha value is -2.73. The van der Waals surface area contributed by atoms with Crippen LogP contribution in [0.25, 0.3) is 17.0 Å². The highest BCUT2D eigenvalue weighted by Gasteiger charge is 2.33. The fraction of sp³-hybridized carbons (Fsp3) is 0.538. The number of ether oxygens (including phenoxy) is 2. The van der Waals surface area contributed by atoms with Gasteiger partial charge in [-0.1, -0.05) is 11.2 Å². The van der Waals surface area contributed by atoms with Crippen LogP contribution in [-0.2, 0) is 14.8 Å². The molecule has 0 unspecified atom stereocenters. The number of hydrogen-bond donors (Lipinski definition) is 2. The number of benzene rings is 1. The van der Waals surface area contributed by atoms with Gasteiger partial charge in [0.2, 0.25) is 15.8 Å². The first-order chi connectivity index (χ1) is 17.8. The molecule has 200 valence electrons. The minimum absolute atomic E-state index is 0.0216. The van der Waals surface area contributed by atoms with Crippen molar-refractivity contribution >= 4 is 21.3 Å². The van der Waals surface area contributed by atoms with Crippen LogP contribution in [0.2, 0.25) is 0 Å². The van der Waals surface area contributed by atoms with Gasteiger partial charge in [0, 0.05) is 36.8 Å². The zero-order chi connectivity index (χ0) is 26.0. The summed E-state index contributed by atoms with van der Waals surface area (Å²) in [5.41, 5.74) is 10.6. The van der Waals surface area contributed by atoms with E-state index in [4.69, 9.17) is 19.7 Å². The number of nitrogens with two attached hydrogens (primary N) is 1. The highest BCUT2D eigenvalue weighted by atomic mass is 32.2. The molecule has 2 aromatic rings. The summed E-state index contributed by atoms with van der Waals surface area (Å²) in [5.74, 6) is 1.60. The number of aromatic nitrogens is 2. The van der Waals surface area contributed by atoms with Crippen molar-refractivity contribution in [3.63, 3.8) is 0 Å². The van der Waals surface area contributed by atoms with Crippen LogP contribution in [-0.4, -0.2) is 74.2 Å². The van der Waals surface area contributed by atoms with E-state index in [1.54, 1.807) is 6.07 Å². The zero-order valence-electron chi connectivity index (χ0n) is 21.4. The molecule has 3 N–H and O–H groups in total. The Morgan fingerprint density at radius 2 is 2.05 bits per heavy atom. The molecule has 3 aliphatic rings. The number of morpholine rings is 1. The summed E-state index contributed by atoms with van der Waals surface area (Å²) < 4.78 is 45.3. The first-order valence-corrected chi connectivity index (χ1v) is 14.6. The molecule has 11 heteroatoms. The Balaban J connectivity index is 1.28. The molecule has 1 fully saturated rings. The molecular weight excluding hydrogens is 494 g/mol. The Kier molecular flexibility index (Phi) is 7.66. The monoisotopic (exact) mass is 529 g/mol. The van der Waals surface area contributed by atoms with E-state index in [9.17, 15) is 8.42 Å². The molecule has 0 radical (unpaired) electrons. The Morgan fingerprint density at radius 1 is 1.24 bits per heavy atom. The number of anilines is 1. The predicted molar refractivity (Wildman–Crippen MR) is 141 cm³/mol. The Bertz CT molecular complexity index is 1290. The maximum atomic E-state index is 12.9. The smallest absolute Gasteiger partial charge is 0.258 e. The van der Waals surface area contributed by atoms with Crippen LogP contribution in [0, 0.1) is 0 Å². The molecule has 0 spiro atoms. The van der Waals surface area contributed by atoms with E-state index in [0.717, 1.165) is 61.1 Å². The van der Waals surface area contributed by atoms with Crippen molar-refractivity contribution in [1.29, 1.82) is 0 Å². The van der Waals surface area contributed by atoms with Gasteiger partial charge in [0.25, 0.3) is 5.89 Å². The van der Waals surface area contributed by atoms with Crippen LogP contribution in [0.15, 0.2) is 39.9 Å². The van der Waals surface area contributed by atoms with Gasteiger partial charge in [-0.2, -0.15) is 4.98 Å². The first-order valence-electron chi connectivity index (χ1n) is 12.9. The largest absolute Gasteiger partial charge is 0.489 e. The minimum Gasteiger partial charge on any atom is -0.489 e. The molecule has 1 atom stereocenters. The average molecular weight is 530 g/mol. The Labute approximate surface area is 217 Å².